The van der Waals surface area contributed by atoms with Crippen LogP contribution in [0.2, 0.25) is 0 Å². The lowest BCUT2D eigenvalue weighted by atomic mass is 10.1. The fourth-order valence-corrected chi connectivity index (χ4v) is 2.39. The number of nitrogens with one attached hydrogen (secondary N) is 2. The van der Waals surface area contributed by atoms with E-state index in [2.05, 4.69) is 20.5 Å². The molecule has 0 aliphatic heterocycles. The Labute approximate surface area is 116 Å². The average molecular weight is 276 g/mol. The van der Waals surface area contributed by atoms with Gasteiger partial charge in [-0.2, -0.15) is 5.10 Å². The number of hydrogen-bond donors (Lipinski definition) is 2. The first-order valence-corrected chi connectivity index (χ1v) is 6.69. The number of methoxy groups -OCH3 is 1. The number of aromatic nitrogens is 3. The van der Waals surface area contributed by atoms with Gasteiger partial charge in [0.15, 0.2) is 0 Å². The minimum Gasteiger partial charge on any atom is -0.481 e. The standard InChI is InChI=1S/C14H17FN4O/c1-3-10-7-12(19-18-10)17-14(4-5-14)11-6-9(15)8-16-13(11)20-2/h6-8H,3-5H2,1-2H3,(H2,17,18,19). The summed E-state index contributed by atoms with van der Waals surface area (Å²) in [6.45, 7) is 2.05. The van der Waals surface area contributed by atoms with Gasteiger partial charge in [0.25, 0.3) is 0 Å². The summed E-state index contributed by atoms with van der Waals surface area (Å²) in [5, 5.41) is 10.5. The molecule has 0 unspecified atom stereocenters. The Morgan fingerprint density at radius 1 is 1.45 bits per heavy atom. The van der Waals surface area contributed by atoms with E-state index >= 15 is 0 Å². The van der Waals surface area contributed by atoms with E-state index in [-0.39, 0.29) is 11.4 Å². The van der Waals surface area contributed by atoms with E-state index < -0.39 is 0 Å². The Kier molecular flexibility index (Phi) is 3.08. The van der Waals surface area contributed by atoms with Gasteiger partial charge in [0.1, 0.15) is 11.6 Å². The van der Waals surface area contributed by atoms with Crippen molar-refractivity contribution in [2.24, 2.45) is 0 Å². The van der Waals surface area contributed by atoms with Crippen molar-refractivity contribution in [3.63, 3.8) is 0 Å². The Hall–Kier alpha value is -2.11. The van der Waals surface area contributed by atoms with Crippen molar-refractivity contribution in [2.45, 2.75) is 31.7 Å². The fourth-order valence-electron chi connectivity index (χ4n) is 2.39. The molecular formula is C14H17FN4O. The van der Waals surface area contributed by atoms with Gasteiger partial charge in [0, 0.05) is 11.6 Å². The third-order valence-corrected chi connectivity index (χ3v) is 3.64. The smallest absolute Gasteiger partial charge is 0.218 e. The lowest BCUT2D eigenvalue weighted by Crippen LogP contribution is -2.20. The highest BCUT2D eigenvalue weighted by Crippen LogP contribution is 2.50. The molecule has 20 heavy (non-hydrogen) atoms. The van der Waals surface area contributed by atoms with Crippen LogP contribution >= 0.6 is 0 Å². The second kappa shape index (κ2) is 4.77. The maximum absolute atomic E-state index is 13.5. The number of ether oxygens (including phenoxy) is 1. The second-order valence-electron chi connectivity index (χ2n) is 5.04. The highest BCUT2D eigenvalue weighted by atomic mass is 19.1. The van der Waals surface area contributed by atoms with Crippen molar-refractivity contribution in [1.82, 2.24) is 15.2 Å². The topological polar surface area (TPSA) is 62.8 Å². The summed E-state index contributed by atoms with van der Waals surface area (Å²) in [5.74, 6) is 0.949. The third kappa shape index (κ3) is 2.21. The first-order valence-electron chi connectivity index (χ1n) is 6.69. The summed E-state index contributed by atoms with van der Waals surface area (Å²) in [6, 6.07) is 3.46. The van der Waals surface area contributed by atoms with Crippen LogP contribution in [-0.4, -0.2) is 22.3 Å². The maximum Gasteiger partial charge on any atom is 0.218 e. The van der Waals surface area contributed by atoms with Crippen LogP contribution in [0.25, 0.3) is 0 Å². The molecule has 1 fully saturated rings. The van der Waals surface area contributed by atoms with Gasteiger partial charge >= 0.3 is 0 Å². The molecule has 2 aromatic heterocycles. The van der Waals surface area contributed by atoms with Crippen molar-refractivity contribution in [1.29, 1.82) is 0 Å². The minimum atomic E-state index is -0.354. The zero-order chi connectivity index (χ0) is 14.2. The van der Waals surface area contributed by atoms with Crippen LogP contribution in [0.4, 0.5) is 10.2 Å². The van der Waals surface area contributed by atoms with Gasteiger partial charge in [-0.3, -0.25) is 5.10 Å². The first kappa shape index (κ1) is 12.9. The normalized spacial score (nSPS) is 15.9. The van der Waals surface area contributed by atoms with Crippen LogP contribution in [0.3, 0.4) is 0 Å². The fraction of sp³-hybridized carbons (Fsp3) is 0.429. The van der Waals surface area contributed by atoms with Crippen molar-refractivity contribution in [3.05, 3.63) is 35.4 Å². The number of H-pyrrole nitrogens is 1. The van der Waals surface area contributed by atoms with Crippen LogP contribution in [0, 0.1) is 5.82 Å². The Morgan fingerprint density at radius 2 is 2.25 bits per heavy atom. The molecule has 1 aliphatic carbocycles. The van der Waals surface area contributed by atoms with Gasteiger partial charge in [0.2, 0.25) is 5.88 Å². The molecule has 0 amide bonds. The molecule has 0 saturated heterocycles. The predicted molar refractivity (Wildman–Crippen MR) is 73.2 cm³/mol. The van der Waals surface area contributed by atoms with E-state index in [4.69, 9.17) is 4.74 Å². The Bertz CT molecular complexity index is 621. The molecule has 6 heteroatoms. The lowest BCUT2D eigenvalue weighted by Gasteiger charge is -2.19. The molecule has 0 radical (unpaired) electrons. The molecule has 3 rings (SSSR count). The number of hydrogen-bond acceptors (Lipinski definition) is 4. The van der Waals surface area contributed by atoms with E-state index in [0.717, 1.165) is 36.3 Å². The molecule has 1 aliphatic rings. The predicted octanol–water partition coefficient (Wildman–Crippen LogP) is 2.62. The zero-order valence-electron chi connectivity index (χ0n) is 11.5. The van der Waals surface area contributed by atoms with Gasteiger partial charge in [-0.05, 0) is 25.3 Å². The van der Waals surface area contributed by atoms with Crippen molar-refractivity contribution < 1.29 is 9.13 Å². The van der Waals surface area contributed by atoms with Crippen LogP contribution in [0.1, 0.15) is 31.0 Å². The van der Waals surface area contributed by atoms with Gasteiger partial charge < -0.3 is 10.1 Å². The average Bonchev–Trinajstić information content (AvgIpc) is 3.09. The number of pyridine rings is 1. The van der Waals surface area contributed by atoms with Gasteiger partial charge in [-0.15, -0.1) is 0 Å². The Morgan fingerprint density at radius 3 is 2.85 bits per heavy atom. The molecular weight excluding hydrogens is 259 g/mol. The molecule has 0 aromatic carbocycles. The van der Waals surface area contributed by atoms with E-state index in [1.165, 1.54) is 12.3 Å². The number of aromatic amines is 1. The summed E-state index contributed by atoms with van der Waals surface area (Å²) in [5.41, 5.74) is 1.44. The SMILES string of the molecule is CCc1cc(NC2(c3cc(F)cnc3OC)CC2)[nH]n1. The van der Waals surface area contributed by atoms with Crippen molar-refractivity contribution in [3.8, 4) is 5.88 Å². The molecule has 0 bridgehead atoms. The summed E-state index contributed by atoms with van der Waals surface area (Å²) >= 11 is 0. The summed E-state index contributed by atoms with van der Waals surface area (Å²) in [6.07, 6.45) is 3.86. The number of rotatable bonds is 5. The molecule has 2 heterocycles. The van der Waals surface area contributed by atoms with E-state index in [1.807, 2.05) is 13.0 Å². The monoisotopic (exact) mass is 276 g/mol. The number of nitrogens with zero attached hydrogens (tertiary/aromatic N) is 2. The molecule has 1 saturated carbocycles. The molecule has 0 atom stereocenters. The third-order valence-electron chi connectivity index (χ3n) is 3.64. The van der Waals surface area contributed by atoms with Gasteiger partial charge in [0.05, 0.1) is 24.5 Å². The van der Waals surface area contributed by atoms with Crippen LogP contribution in [-0.2, 0) is 12.0 Å². The largest absolute Gasteiger partial charge is 0.481 e. The van der Waals surface area contributed by atoms with Crippen LogP contribution < -0.4 is 10.1 Å². The highest BCUT2D eigenvalue weighted by Gasteiger charge is 2.47. The van der Waals surface area contributed by atoms with Gasteiger partial charge in [-0.1, -0.05) is 6.92 Å². The molecule has 2 aromatic rings. The number of halogens is 1. The summed E-state index contributed by atoms with van der Waals surface area (Å²) in [7, 11) is 1.55. The minimum absolute atomic E-state index is 0.308. The first-order chi connectivity index (χ1) is 9.66. The number of aryl methyl sites for hydroxylation is 1. The van der Waals surface area contributed by atoms with E-state index in [1.54, 1.807) is 7.11 Å². The van der Waals surface area contributed by atoms with Crippen LogP contribution in [0.5, 0.6) is 5.88 Å². The quantitative estimate of drug-likeness (QED) is 0.881. The lowest BCUT2D eigenvalue weighted by molar-refractivity contribution is 0.386. The van der Waals surface area contributed by atoms with Crippen molar-refractivity contribution in [2.75, 3.05) is 12.4 Å². The highest BCUT2D eigenvalue weighted by molar-refractivity contribution is 5.49. The zero-order valence-corrected chi connectivity index (χ0v) is 11.5. The van der Waals surface area contributed by atoms with Gasteiger partial charge in [-0.25, -0.2) is 9.37 Å². The summed E-state index contributed by atoms with van der Waals surface area (Å²) in [4.78, 5) is 4.00. The molecule has 2 N–H and O–H groups in total. The molecule has 5 nitrogen and oxygen atoms in total. The molecule has 106 valence electrons. The van der Waals surface area contributed by atoms with E-state index in [9.17, 15) is 4.39 Å². The maximum atomic E-state index is 13.5. The molecule has 0 spiro atoms. The second-order valence-corrected chi connectivity index (χ2v) is 5.04. The number of anilines is 1. The Balaban J connectivity index is 1.90. The van der Waals surface area contributed by atoms with Crippen LogP contribution in [0.15, 0.2) is 18.3 Å². The van der Waals surface area contributed by atoms with E-state index in [0.29, 0.717) is 5.88 Å². The van der Waals surface area contributed by atoms with Crippen molar-refractivity contribution >= 4 is 5.82 Å². The summed E-state index contributed by atoms with van der Waals surface area (Å²) < 4.78 is 18.7.